The average molecular weight is 255 g/mol. The highest BCUT2D eigenvalue weighted by Gasteiger charge is 2.33. The summed E-state index contributed by atoms with van der Waals surface area (Å²) >= 11 is 0. The van der Waals surface area contributed by atoms with Crippen LogP contribution in [0.1, 0.15) is 11.7 Å². The van der Waals surface area contributed by atoms with Gasteiger partial charge >= 0.3 is 0 Å². The van der Waals surface area contributed by atoms with Crippen molar-refractivity contribution in [1.29, 1.82) is 0 Å². The van der Waals surface area contributed by atoms with Crippen molar-refractivity contribution < 1.29 is 14.6 Å². The van der Waals surface area contributed by atoms with Crippen molar-refractivity contribution in [3.05, 3.63) is 60.2 Å². The van der Waals surface area contributed by atoms with Crippen LogP contribution in [-0.4, -0.2) is 17.1 Å². The molecule has 1 heterocycles. The zero-order valence-electron chi connectivity index (χ0n) is 10.1. The first-order valence-electron chi connectivity index (χ1n) is 6.05. The number of ether oxygens (including phenoxy) is 1. The third-order valence-corrected chi connectivity index (χ3v) is 3.08. The zero-order chi connectivity index (χ0) is 13.2. The van der Waals surface area contributed by atoms with Gasteiger partial charge in [0.25, 0.3) is 5.91 Å². The van der Waals surface area contributed by atoms with E-state index in [0.29, 0.717) is 11.4 Å². The second-order valence-corrected chi connectivity index (χ2v) is 4.38. The van der Waals surface area contributed by atoms with Gasteiger partial charge in [-0.1, -0.05) is 42.5 Å². The van der Waals surface area contributed by atoms with Crippen molar-refractivity contribution in [3.8, 4) is 5.75 Å². The highest BCUT2D eigenvalue weighted by atomic mass is 16.5. The minimum atomic E-state index is -1.24. The Bertz CT molecular complexity index is 597. The number of benzene rings is 2. The summed E-state index contributed by atoms with van der Waals surface area (Å²) in [6, 6.07) is 16.4. The Labute approximate surface area is 110 Å². The number of aliphatic hydroxyl groups excluding tert-OH is 1. The van der Waals surface area contributed by atoms with Crippen LogP contribution in [0.4, 0.5) is 5.69 Å². The molecule has 1 aliphatic heterocycles. The number of hydrogen-bond acceptors (Lipinski definition) is 3. The Morgan fingerprint density at radius 2 is 1.68 bits per heavy atom. The van der Waals surface area contributed by atoms with Crippen LogP contribution in [-0.2, 0) is 4.79 Å². The van der Waals surface area contributed by atoms with Crippen LogP contribution in [0.3, 0.4) is 0 Å². The second-order valence-electron chi connectivity index (χ2n) is 4.38. The number of carbonyl (C=O) groups excluding carboxylic acids is 1. The Hall–Kier alpha value is -2.33. The molecule has 0 aliphatic carbocycles. The molecule has 2 N–H and O–H groups in total. The van der Waals surface area contributed by atoms with Crippen LogP contribution in [0.5, 0.6) is 5.75 Å². The minimum Gasteiger partial charge on any atom is -0.480 e. The lowest BCUT2D eigenvalue weighted by atomic mass is 10.0. The molecule has 3 rings (SSSR count). The summed E-state index contributed by atoms with van der Waals surface area (Å²) in [5, 5.41) is 12.8. The van der Waals surface area contributed by atoms with Crippen LogP contribution >= 0.6 is 0 Å². The van der Waals surface area contributed by atoms with E-state index in [1.54, 1.807) is 18.2 Å². The topological polar surface area (TPSA) is 58.6 Å². The van der Waals surface area contributed by atoms with Gasteiger partial charge in [-0.15, -0.1) is 0 Å². The first-order valence-corrected chi connectivity index (χ1v) is 6.05. The molecular weight excluding hydrogens is 242 g/mol. The van der Waals surface area contributed by atoms with E-state index in [-0.39, 0.29) is 0 Å². The Balaban J connectivity index is 2.03. The van der Waals surface area contributed by atoms with Gasteiger partial charge in [-0.2, -0.15) is 0 Å². The first kappa shape index (κ1) is 11.7. The van der Waals surface area contributed by atoms with Gasteiger partial charge in [0.05, 0.1) is 5.69 Å². The average Bonchev–Trinajstić information content (AvgIpc) is 2.58. The van der Waals surface area contributed by atoms with Gasteiger partial charge < -0.3 is 15.2 Å². The number of rotatable bonds is 1. The van der Waals surface area contributed by atoms with Crippen LogP contribution < -0.4 is 10.1 Å². The molecule has 2 atom stereocenters. The molecule has 2 aromatic carbocycles. The quantitative estimate of drug-likeness (QED) is 0.820. The molecule has 0 saturated heterocycles. The van der Waals surface area contributed by atoms with E-state index in [1.807, 2.05) is 36.4 Å². The fourth-order valence-corrected chi connectivity index (χ4v) is 2.11. The third kappa shape index (κ3) is 2.18. The molecule has 2 aromatic rings. The monoisotopic (exact) mass is 255 g/mol. The van der Waals surface area contributed by atoms with Crippen LogP contribution in [0.2, 0.25) is 0 Å². The van der Waals surface area contributed by atoms with E-state index in [9.17, 15) is 9.90 Å². The third-order valence-electron chi connectivity index (χ3n) is 3.08. The predicted molar refractivity (Wildman–Crippen MR) is 70.9 cm³/mol. The molecule has 0 spiro atoms. The van der Waals surface area contributed by atoms with E-state index >= 15 is 0 Å². The fraction of sp³-hybridized carbons (Fsp3) is 0.133. The van der Waals surface area contributed by atoms with Crippen molar-refractivity contribution in [1.82, 2.24) is 0 Å². The Morgan fingerprint density at radius 1 is 1.00 bits per heavy atom. The predicted octanol–water partition coefficient (Wildman–Crippen LogP) is 2.12. The summed E-state index contributed by atoms with van der Waals surface area (Å²) in [5.74, 6) is 0.0973. The van der Waals surface area contributed by atoms with Crippen LogP contribution in [0, 0.1) is 0 Å². The SMILES string of the molecule is O=C1Nc2ccccc2O[C@H](c2ccccc2)[C@@H]1O. The van der Waals surface area contributed by atoms with E-state index < -0.39 is 18.1 Å². The molecule has 4 nitrogen and oxygen atoms in total. The maximum absolute atomic E-state index is 11.9. The van der Waals surface area contributed by atoms with E-state index in [1.165, 1.54) is 0 Å². The zero-order valence-corrected chi connectivity index (χ0v) is 10.1. The molecule has 0 aromatic heterocycles. The van der Waals surface area contributed by atoms with Gasteiger partial charge in [0.15, 0.2) is 12.2 Å². The number of hydrogen-bond donors (Lipinski definition) is 2. The van der Waals surface area contributed by atoms with Gasteiger partial charge in [-0.05, 0) is 17.7 Å². The van der Waals surface area contributed by atoms with Gasteiger partial charge in [-0.3, -0.25) is 4.79 Å². The van der Waals surface area contributed by atoms with Gasteiger partial charge in [-0.25, -0.2) is 0 Å². The largest absolute Gasteiger partial charge is 0.480 e. The van der Waals surface area contributed by atoms with Crippen molar-refractivity contribution in [2.45, 2.75) is 12.2 Å². The van der Waals surface area contributed by atoms with Crippen molar-refractivity contribution in [2.75, 3.05) is 5.32 Å². The fourth-order valence-electron chi connectivity index (χ4n) is 2.11. The number of nitrogens with one attached hydrogen (secondary N) is 1. The summed E-state index contributed by atoms with van der Waals surface area (Å²) in [4.78, 5) is 11.9. The molecule has 0 bridgehead atoms. The highest BCUT2D eigenvalue weighted by Crippen LogP contribution is 2.34. The molecule has 0 unspecified atom stereocenters. The van der Waals surface area contributed by atoms with Crippen LogP contribution in [0.15, 0.2) is 54.6 Å². The summed E-state index contributed by atoms with van der Waals surface area (Å²) in [6.45, 7) is 0. The number of fused-ring (bicyclic) bond motifs is 1. The maximum Gasteiger partial charge on any atom is 0.257 e. The van der Waals surface area contributed by atoms with Crippen molar-refractivity contribution >= 4 is 11.6 Å². The molecule has 96 valence electrons. The molecule has 0 radical (unpaired) electrons. The number of anilines is 1. The van der Waals surface area contributed by atoms with Gasteiger partial charge in [0.2, 0.25) is 0 Å². The Morgan fingerprint density at radius 3 is 2.47 bits per heavy atom. The summed E-state index contributed by atoms with van der Waals surface area (Å²) in [6.07, 6.45) is -1.94. The van der Waals surface area contributed by atoms with Gasteiger partial charge in [0, 0.05) is 0 Å². The van der Waals surface area contributed by atoms with Crippen LogP contribution in [0.25, 0.3) is 0 Å². The Kier molecular flexibility index (Phi) is 2.93. The van der Waals surface area contributed by atoms with E-state index in [2.05, 4.69) is 5.32 Å². The first-order chi connectivity index (χ1) is 9.25. The summed E-state index contributed by atoms with van der Waals surface area (Å²) in [5.41, 5.74) is 1.34. The number of carbonyl (C=O) groups is 1. The second kappa shape index (κ2) is 4.74. The molecule has 1 aliphatic rings. The number of para-hydroxylation sites is 2. The lowest BCUT2D eigenvalue weighted by Crippen LogP contribution is -2.33. The van der Waals surface area contributed by atoms with E-state index in [0.717, 1.165) is 5.56 Å². The van der Waals surface area contributed by atoms with Crippen molar-refractivity contribution in [2.24, 2.45) is 0 Å². The van der Waals surface area contributed by atoms with Crippen molar-refractivity contribution in [3.63, 3.8) is 0 Å². The molecule has 1 amide bonds. The molecular formula is C15H13NO3. The summed E-state index contributed by atoms with van der Waals surface area (Å²) < 4.78 is 5.79. The molecule has 19 heavy (non-hydrogen) atoms. The van der Waals surface area contributed by atoms with Gasteiger partial charge in [0.1, 0.15) is 5.75 Å². The lowest BCUT2D eigenvalue weighted by molar-refractivity contribution is -0.128. The summed E-state index contributed by atoms with van der Waals surface area (Å²) in [7, 11) is 0. The minimum absolute atomic E-state index is 0.459. The molecule has 0 fully saturated rings. The molecule has 4 heteroatoms. The molecule has 0 saturated carbocycles. The maximum atomic E-state index is 11.9. The van der Waals surface area contributed by atoms with E-state index in [4.69, 9.17) is 4.74 Å². The standard InChI is InChI=1S/C15H13NO3/c17-13-14(10-6-2-1-3-7-10)19-12-9-5-4-8-11(12)16-15(13)18/h1-9,13-14,17H,(H,16,18)/t13-,14+/m0/s1. The number of amides is 1. The lowest BCUT2D eigenvalue weighted by Gasteiger charge is -2.20. The number of aliphatic hydroxyl groups is 1. The smallest absolute Gasteiger partial charge is 0.257 e. The normalized spacial score (nSPS) is 21.8. The highest BCUT2D eigenvalue weighted by molar-refractivity contribution is 5.96.